The molecule has 8 heteroatoms. The Bertz CT molecular complexity index is 1380. The second-order valence-electron chi connectivity index (χ2n) is 7.61. The molecule has 1 fully saturated rings. The Morgan fingerprint density at radius 3 is 2.23 bits per heavy atom. The van der Waals surface area contributed by atoms with Gasteiger partial charge in [0, 0.05) is 0 Å². The van der Waals surface area contributed by atoms with Gasteiger partial charge in [-0.05, 0) is 64.9 Å². The molecule has 1 heterocycles. The maximum absolute atomic E-state index is 13.7. The smallest absolute Gasteiger partial charge is 0.335 e. The number of carbonyl (C=O) groups is 4. The van der Waals surface area contributed by atoms with E-state index in [0.717, 1.165) is 16.7 Å². The van der Waals surface area contributed by atoms with Gasteiger partial charge >= 0.3 is 5.97 Å². The highest BCUT2D eigenvalue weighted by molar-refractivity contribution is 8.18. The first-order valence-corrected chi connectivity index (χ1v) is 11.3. The summed E-state index contributed by atoms with van der Waals surface area (Å²) in [5.41, 5.74) is 2.16. The molecule has 1 N–H and O–H groups in total. The molecule has 0 saturated carbocycles. The Kier molecular flexibility index (Phi) is 7.03. The van der Waals surface area contributed by atoms with Crippen molar-refractivity contribution in [1.82, 2.24) is 4.90 Å². The Labute approximate surface area is 204 Å². The Morgan fingerprint density at radius 2 is 1.57 bits per heavy atom. The summed E-state index contributed by atoms with van der Waals surface area (Å²) in [6.07, 6.45) is 4.47. The average molecular weight is 488 g/mol. The van der Waals surface area contributed by atoms with Crippen LogP contribution >= 0.6 is 11.8 Å². The fourth-order valence-corrected chi connectivity index (χ4v) is 4.19. The molecule has 3 aromatic carbocycles. The predicted molar refractivity (Wildman–Crippen MR) is 131 cm³/mol. The highest BCUT2D eigenvalue weighted by Gasteiger charge is 2.34. The third-order valence-corrected chi connectivity index (χ3v) is 6.12. The molecule has 2 amide bonds. The van der Waals surface area contributed by atoms with Crippen molar-refractivity contribution in [3.8, 4) is 0 Å². The second-order valence-corrected chi connectivity index (χ2v) is 8.61. The van der Waals surface area contributed by atoms with Crippen molar-refractivity contribution in [2.45, 2.75) is 6.54 Å². The van der Waals surface area contributed by atoms with E-state index in [4.69, 9.17) is 5.11 Å². The number of hydrogen-bond donors (Lipinski definition) is 1. The van der Waals surface area contributed by atoms with Crippen LogP contribution in [0, 0.1) is 5.82 Å². The maximum atomic E-state index is 13.7. The molecule has 0 unspecified atom stereocenters. The molecule has 6 nitrogen and oxygen atoms in total. The number of rotatable bonds is 7. The zero-order chi connectivity index (χ0) is 24.9. The van der Waals surface area contributed by atoms with Crippen LogP contribution in [0.1, 0.15) is 37.4 Å². The molecule has 0 aromatic heterocycles. The van der Waals surface area contributed by atoms with Crippen molar-refractivity contribution >= 4 is 46.8 Å². The highest BCUT2D eigenvalue weighted by atomic mass is 32.2. The maximum Gasteiger partial charge on any atom is 0.335 e. The van der Waals surface area contributed by atoms with Gasteiger partial charge in [0.1, 0.15) is 5.82 Å². The minimum Gasteiger partial charge on any atom is -0.478 e. The standard InChI is InChI=1S/C27H18FNO5S/c28-22-4-2-1-3-21(22)23(30)14-11-17-5-7-18(8-6-17)15-24-25(31)29(27(34)35-24)16-19-9-12-20(13-10-19)26(32)33/h1-15H,16H2,(H,32,33)/b14-11+,24-15-. The number of amides is 2. The molecule has 0 radical (unpaired) electrons. The molecule has 1 aliphatic rings. The average Bonchev–Trinajstić information content (AvgIpc) is 3.11. The molecule has 0 atom stereocenters. The van der Waals surface area contributed by atoms with E-state index in [1.807, 2.05) is 0 Å². The lowest BCUT2D eigenvalue weighted by Gasteiger charge is -2.12. The van der Waals surface area contributed by atoms with Crippen LogP contribution < -0.4 is 0 Å². The monoisotopic (exact) mass is 487 g/mol. The van der Waals surface area contributed by atoms with Gasteiger partial charge in [-0.2, -0.15) is 0 Å². The van der Waals surface area contributed by atoms with E-state index in [0.29, 0.717) is 16.7 Å². The summed E-state index contributed by atoms with van der Waals surface area (Å²) in [5.74, 6) is -2.51. The first-order valence-electron chi connectivity index (χ1n) is 10.5. The summed E-state index contributed by atoms with van der Waals surface area (Å²) in [7, 11) is 0. The van der Waals surface area contributed by atoms with Gasteiger partial charge in [-0.25, -0.2) is 9.18 Å². The van der Waals surface area contributed by atoms with Crippen LogP contribution in [0.25, 0.3) is 12.2 Å². The van der Waals surface area contributed by atoms with Gasteiger partial charge in [0.15, 0.2) is 5.78 Å². The summed E-state index contributed by atoms with van der Waals surface area (Å²) >= 11 is 0.832. The molecule has 1 saturated heterocycles. The number of aromatic carboxylic acids is 1. The number of ketones is 1. The summed E-state index contributed by atoms with van der Waals surface area (Å²) in [4.78, 5) is 49.7. The van der Waals surface area contributed by atoms with Crippen molar-refractivity contribution in [2.24, 2.45) is 0 Å². The lowest BCUT2D eigenvalue weighted by molar-refractivity contribution is -0.123. The lowest BCUT2D eigenvalue weighted by Crippen LogP contribution is -2.27. The van der Waals surface area contributed by atoms with Crippen LogP contribution in [0.15, 0.2) is 83.8 Å². The zero-order valence-corrected chi connectivity index (χ0v) is 19.0. The normalized spacial score (nSPS) is 14.8. The van der Waals surface area contributed by atoms with Gasteiger partial charge in [-0.3, -0.25) is 19.3 Å². The van der Waals surface area contributed by atoms with Gasteiger partial charge in [-0.15, -0.1) is 0 Å². The van der Waals surface area contributed by atoms with Crippen LogP contribution in [0.2, 0.25) is 0 Å². The van der Waals surface area contributed by atoms with Crippen molar-refractivity contribution in [3.63, 3.8) is 0 Å². The molecule has 0 aliphatic carbocycles. The van der Waals surface area contributed by atoms with Crippen molar-refractivity contribution in [3.05, 3.63) is 117 Å². The minimum absolute atomic E-state index is 0.00563. The van der Waals surface area contributed by atoms with E-state index >= 15 is 0 Å². The number of thioether (sulfide) groups is 1. The van der Waals surface area contributed by atoms with Gasteiger partial charge < -0.3 is 5.11 Å². The molecule has 174 valence electrons. The number of carboxylic acid groups (broad SMARTS) is 1. The van der Waals surface area contributed by atoms with Gasteiger partial charge in [0.25, 0.3) is 11.1 Å². The molecule has 4 rings (SSSR count). The Hall–Kier alpha value is -4.30. The molecular formula is C27H18FNO5S. The van der Waals surface area contributed by atoms with Crippen molar-refractivity contribution in [2.75, 3.05) is 0 Å². The number of halogens is 1. The highest BCUT2D eigenvalue weighted by Crippen LogP contribution is 2.33. The third kappa shape index (κ3) is 5.62. The largest absolute Gasteiger partial charge is 0.478 e. The van der Waals surface area contributed by atoms with E-state index in [2.05, 4.69) is 0 Å². The second kappa shape index (κ2) is 10.3. The van der Waals surface area contributed by atoms with Crippen molar-refractivity contribution in [1.29, 1.82) is 0 Å². The summed E-state index contributed by atoms with van der Waals surface area (Å²) in [5, 5.41) is 8.58. The van der Waals surface area contributed by atoms with E-state index < -0.39 is 28.7 Å². The van der Waals surface area contributed by atoms with Crippen LogP contribution in [0.5, 0.6) is 0 Å². The number of nitrogens with zero attached hydrogens (tertiary/aromatic N) is 1. The summed E-state index contributed by atoms with van der Waals surface area (Å²) < 4.78 is 13.7. The molecule has 0 bridgehead atoms. The van der Waals surface area contributed by atoms with Crippen molar-refractivity contribution < 1.29 is 28.7 Å². The number of allylic oxidation sites excluding steroid dienone is 1. The fourth-order valence-electron chi connectivity index (χ4n) is 3.35. The lowest BCUT2D eigenvalue weighted by atomic mass is 10.1. The number of carbonyl (C=O) groups excluding carboxylic acids is 3. The van der Waals surface area contributed by atoms with Crippen LogP contribution in [-0.4, -0.2) is 32.9 Å². The number of carboxylic acids is 1. The zero-order valence-electron chi connectivity index (χ0n) is 18.2. The minimum atomic E-state index is -1.05. The van der Waals surface area contributed by atoms with Crippen LogP contribution in [0.4, 0.5) is 9.18 Å². The molecule has 1 aliphatic heterocycles. The van der Waals surface area contributed by atoms with Gasteiger partial charge in [-0.1, -0.05) is 54.6 Å². The quantitative estimate of drug-likeness (QED) is 0.342. The third-order valence-electron chi connectivity index (χ3n) is 5.22. The Morgan fingerprint density at radius 1 is 0.914 bits per heavy atom. The Balaban J connectivity index is 1.42. The topological polar surface area (TPSA) is 91.8 Å². The number of imide groups is 1. The molecular weight excluding hydrogens is 469 g/mol. The van der Waals surface area contributed by atoms with Crippen LogP contribution in [0.3, 0.4) is 0 Å². The SMILES string of the molecule is O=C(O)c1ccc(CN2C(=O)S/C(=C\c3ccc(/C=C/C(=O)c4ccccc4F)cc3)C2=O)cc1. The predicted octanol–water partition coefficient (Wildman–Crippen LogP) is 5.66. The molecule has 3 aromatic rings. The number of benzene rings is 3. The summed E-state index contributed by atoms with van der Waals surface area (Å²) in [6, 6.07) is 18.7. The van der Waals surface area contributed by atoms with E-state index in [-0.39, 0.29) is 22.6 Å². The molecule has 35 heavy (non-hydrogen) atoms. The van der Waals surface area contributed by atoms with E-state index in [1.54, 1.807) is 54.6 Å². The van der Waals surface area contributed by atoms with E-state index in [1.165, 1.54) is 36.4 Å². The fraction of sp³-hybridized carbons (Fsp3) is 0.0370. The van der Waals surface area contributed by atoms with E-state index in [9.17, 15) is 23.6 Å². The first-order chi connectivity index (χ1) is 16.8. The molecule has 0 spiro atoms. The van der Waals surface area contributed by atoms with Crippen LogP contribution in [-0.2, 0) is 11.3 Å². The number of hydrogen-bond acceptors (Lipinski definition) is 5. The van der Waals surface area contributed by atoms with Gasteiger partial charge in [0.05, 0.1) is 22.6 Å². The van der Waals surface area contributed by atoms with Gasteiger partial charge in [0.2, 0.25) is 0 Å². The first kappa shape index (κ1) is 23.8. The summed E-state index contributed by atoms with van der Waals surface area (Å²) in [6.45, 7) is 0.0433.